The fourth-order valence-electron chi connectivity index (χ4n) is 2.71. The minimum Gasteiger partial charge on any atom is -0.302 e. The Morgan fingerprint density at radius 1 is 0.897 bits per heavy atom. The van der Waals surface area contributed by atoms with Gasteiger partial charge in [-0.15, -0.1) is 0 Å². The van der Waals surface area contributed by atoms with E-state index in [1.165, 1.54) is 11.1 Å². The van der Waals surface area contributed by atoms with Crippen molar-refractivity contribution >= 4 is 15.6 Å². The van der Waals surface area contributed by atoms with Crippen LogP contribution in [-0.4, -0.2) is 21.3 Å². The predicted molar refractivity (Wildman–Crippen MR) is 117 cm³/mol. The number of rotatable bonds is 15. The number of phosphoric acid groups is 2. The molecule has 0 aromatic heterocycles. The van der Waals surface area contributed by atoms with E-state index in [0.717, 1.165) is 50.5 Å². The van der Waals surface area contributed by atoms with Crippen molar-refractivity contribution in [3.63, 3.8) is 0 Å². The maximum atomic E-state index is 11.3. The molecule has 9 heteroatoms. The molecule has 0 aliphatic rings. The second kappa shape index (κ2) is 14.5. The van der Waals surface area contributed by atoms with Gasteiger partial charge in [0.15, 0.2) is 0 Å². The second-order valence-electron chi connectivity index (χ2n) is 7.83. The molecule has 7 nitrogen and oxygen atoms in total. The largest absolute Gasteiger partial charge is 0.481 e. The lowest BCUT2D eigenvalue weighted by atomic mass is 9.96. The van der Waals surface area contributed by atoms with Crippen LogP contribution in [0.5, 0.6) is 0 Å². The van der Waals surface area contributed by atoms with E-state index in [9.17, 15) is 14.0 Å². The van der Waals surface area contributed by atoms with E-state index in [0.29, 0.717) is 5.92 Å². The zero-order valence-electron chi connectivity index (χ0n) is 18.3. The van der Waals surface area contributed by atoms with E-state index in [1.807, 2.05) is 6.92 Å². The molecule has 29 heavy (non-hydrogen) atoms. The van der Waals surface area contributed by atoms with Gasteiger partial charge in [-0.05, 0) is 72.1 Å². The van der Waals surface area contributed by atoms with Gasteiger partial charge < -0.3 is 14.7 Å². The Morgan fingerprint density at radius 2 is 1.52 bits per heavy atom. The molecule has 0 heterocycles. The van der Waals surface area contributed by atoms with Gasteiger partial charge in [0.1, 0.15) is 0 Å². The van der Waals surface area contributed by atoms with Crippen molar-refractivity contribution in [2.24, 2.45) is 5.92 Å². The first-order valence-corrected chi connectivity index (χ1v) is 13.0. The third kappa shape index (κ3) is 19.2. The third-order valence-corrected chi connectivity index (χ3v) is 6.54. The van der Waals surface area contributed by atoms with Crippen LogP contribution in [0.4, 0.5) is 0 Å². The first kappa shape index (κ1) is 28.5. The van der Waals surface area contributed by atoms with Crippen molar-refractivity contribution in [3.05, 3.63) is 34.9 Å². The number of allylic oxidation sites excluding steroid dienone is 5. The highest BCUT2D eigenvalue weighted by atomic mass is 31.3. The molecule has 0 saturated heterocycles. The van der Waals surface area contributed by atoms with Crippen molar-refractivity contribution in [2.45, 2.75) is 79.6 Å². The van der Waals surface area contributed by atoms with E-state index in [4.69, 9.17) is 9.79 Å². The normalized spacial score (nSPS) is 16.4. The molecule has 0 rings (SSSR count). The molecule has 0 saturated carbocycles. The van der Waals surface area contributed by atoms with Gasteiger partial charge >= 0.3 is 15.6 Å². The van der Waals surface area contributed by atoms with Gasteiger partial charge in [0.25, 0.3) is 0 Å². The van der Waals surface area contributed by atoms with E-state index >= 15 is 0 Å². The average molecular weight is 452 g/mol. The van der Waals surface area contributed by atoms with Crippen LogP contribution in [0, 0.1) is 5.92 Å². The van der Waals surface area contributed by atoms with Crippen LogP contribution in [0.1, 0.15) is 79.6 Å². The molecule has 0 radical (unpaired) electrons. The lowest BCUT2D eigenvalue weighted by Gasteiger charge is -2.12. The Kier molecular flexibility index (Phi) is 14.2. The SMILES string of the molecule is CC(C)=CCCC(C)=CCCC(C)CCCC(C)=CCOP(=O)(O)OP(=O)(O)O. The Hall–Kier alpha value is -0.520. The standard InChI is InChI=1S/C20H38O7P2/c1-17(2)9-6-10-18(3)11-7-12-19(4)13-8-14-20(5)15-16-26-29(24,25)27-28(21,22)23/h9,11,15,19H,6-8,10,12-14,16H2,1-5H3,(H,24,25)(H2,21,22,23). The van der Waals surface area contributed by atoms with Crippen LogP contribution in [0.15, 0.2) is 34.9 Å². The van der Waals surface area contributed by atoms with Crippen molar-refractivity contribution < 1.29 is 32.6 Å². The minimum absolute atomic E-state index is 0.244. The maximum absolute atomic E-state index is 11.3. The van der Waals surface area contributed by atoms with Crippen molar-refractivity contribution in [1.29, 1.82) is 0 Å². The van der Waals surface area contributed by atoms with Crippen LogP contribution in [-0.2, 0) is 18.0 Å². The number of phosphoric ester groups is 1. The molecule has 0 aromatic rings. The van der Waals surface area contributed by atoms with Gasteiger partial charge in [0, 0.05) is 0 Å². The van der Waals surface area contributed by atoms with Crippen LogP contribution < -0.4 is 0 Å². The summed E-state index contributed by atoms with van der Waals surface area (Å²) in [5.74, 6) is 0.621. The van der Waals surface area contributed by atoms with E-state index < -0.39 is 15.6 Å². The first-order chi connectivity index (χ1) is 13.3. The molecule has 0 aliphatic heterocycles. The Balaban J connectivity index is 4.04. The summed E-state index contributed by atoms with van der Waals surface area (Å²) in [6.07, 6.45) is 13.6. The smallest absolute Gasteiger partial charge is 0.302 e. The Labute approximate surface area is 175 Å². The Morgan fingerprint density at radius 3 is 2.10 bits per heavy atom. The zero-order chi connectivity index (χ0) is 22.5. The highest BCUT2D eigenvalue weighted by Crippen LogP contribution is 2.57. The molecule has 0 bridgehead atoms. The summed E-state index contributed by atoms with van der Waals surface area (Å²) in [5.41, 5.74) is 3.79. The highest BCUT2D eigenvalue weighted by molar-refractivity contribution is 7.60. The lowest BCUT2D eigenvalue weighted by Crippen LogP contribution is -1.96. The van der Waals surface area contributed by atoms with Crippen molar-refractivity contribution in [1.82, 2.24) is 0 Å². The summed E-state index contributed by atoms with van der Waals surface area (Å²) < 4.78 is 30.2. The summed E-state index contributed by atoms with van der Waals surface area (Å²) >= 11 is 0. The lowest BCUT2D eigenvalue weighted by molar-refractivity contribution is 0.191. The Bertz CT molecular complexity index is 658. The average Bonchev–Trinajstić information content (AvgIpc) is 2.51. The van der Waals surface area contributed by atoms with Gasteiger partial charge in [0.2, 0.25) is 0 Å². The summed E-state index contributed by atoms with van der Waals surface area (Å²) in [5, 5.41) is 0. The van der Waals surface area contributed by atoms with E-state index in [1.54, 1.807) is 6.08 Å². The van der Waals surface area contributed by atoms with Crippen LogP contribution in [0.2, 0.25) is 0 Å². The maximum Gasteiger partial charge on any atom is 0.481 e. The molecule has 0 aromatic carbocycles. The molecule has 2 atom stereocenters. The van der Waals surface area contributed by atoms with Crippen LogP contribution in [0.3, 0.4) is 0 Å². The summed E-state index contributed by atoms with van der Waals surface area (Å²) in [7, 11) is -9.83. The molecule has 0 spiro atoms. The van der Waals surface area contributed by atoms with Gasteiger partial charge in [-0.3, -0.25) is 4.52 Å². The molecule has 3 N–H and O–H groups in total. The fourth-order valence-corrected chi connectivity index (χ4v) is 4.24. The number of hydrogen-bond donors (Lipinski definition) is 3. The summed E-state index contributed by atoms with van der Waals surface area (Å²) in [4.78, 5) is 26.3. The highest BCUT2D eigenvalue weighted by Gasteiger charge is 2.31. The van der Waals surface area contributed by atoms with Crippen molar-refractivity contribution in [2.75, 3.05) is 6.61 Å². The quantitative estimate of drug-likeness (QED) is 0.194. The van der Waals surface area contributed by atoms with Crippen LogP contribution >= 0.6 is 15.6 Å². The van der Waals surface area contributed by atoms with E-state index in [2.05, 4.69) is 48.7 Å². The summed E-state index contributed by atoms with van der Waals surface area (Å²) in [6, 6.07) is 0. The molecule has 2 unspecified atom stereocenters. The third-order valence-electron chi connectivity index (χ3n) is 4.39. The molecule has 0 aliphatic carbocycles. The summed E-state index contributed by atoms with van der Waals surface area (Å²) in [6.45, 7) is 10.3. The predicted octanol–water partition coefficient (Wildman–Crippen LogP) is 6.44. The minimum atomic E-state index is -5.07. The molecule has 0 fully saturated rings. The second-order valence-corrected chi connectivity index (χ2v) is 10.7. The van der Waals surface area contributed by atoms with Gasteiger partial charge in [0.05, 0.1) is 6.61 Å². The zero-order valence-corrected chi connectivity index (χ0v) is 20.1. The van der Waals surface area contributed by atoms with Gasteiger partial charge in [-0.1, -0.05) is 48.3 Å². The fraction of sp³-hybridized carbons (Fsp3) is 0.700. The monoisotopic (exact) mass is 452 g/mol. The van der Waals surface area contributed by atoms with Crippen molar-refractivity contribution in [3.8, 4) is 0 Å². The number of hydrogen-bond acceptors (Lipinski definition) is 4. The molecule has 170 valence electrons. The van der Waals surface area contributed by atoms with Gasteiger partial charge in [-0.2, -0.15) is 4.31 Å². The molecular weight excluding hydrogens is 414 g/mol. The molecule has 0 amide bonds. The molecular formula is C20H38O7P2. The van der Waals surface area contributed by atoms with E-state index in [-0.39, 0.29) is 6.61 Å². The van der Waals surface area contributed by atoms with Crippen LogP contribution in [0.25, 0.3) is 0 Å². The topological polar surface area (TPSA) is 113 Å². The van der Waals surface area contributed by atoms with Gasteiger partial charge in [-0.25, -0.2) is 9.13 Å². The first-order valence-electron chi connectivity index (χ1n) is 9.99.